The molecule has 0 amide bonds. The monoisotopic (exact) mass is 220 g/mol. The van der Waals surface area contributed by atoms with Gasteiger partial charge in [0.15, 0.2) is 0 Å². The third-order valence-corrected chi connectivity index (χ3v) is 3.12. The number of hydrogen-bond donors (Lipinski definition) is 0. The fourth-order valence-electron chi connectivity index (χ4n) is 1.50. The van der Waals surface area contributed by atoms with E-state index in [9.17, 15) is 0 Å². The summed E-state index contributed by atoms with van der Waals surface area (Å²) in [4.78, 5) is 1.20. The molecule has 0 saturated carbocycles. The third-order valence-electron chi connectivity index (χ3n) is 2.17. The van der Waals surface area contributed by atoms with E-state index in [1.54, 1.807) is 18.7 Å². The number of nitrogens with zero attached hydrogens (tertiary/aromatic N) is 2. The molecule has 1 heterocycles. The molecule has 0 N–H and O–H groups in total. The Morgan fingerprint density at radius 1 is 1.20 bits per heavy atom. The smallest absolute Gasteiger partial charge is 0.248 e. The van der Waals surface area contributed by atoms with Crippen molar-refractivity contribution in [3.05, 3.63) is 29.7 Å². The molecule has 0 fully saturated rings. The Kier molecular flexibility index (Phi) is 2.77. The lowest BCUT2D eigenvalue weighted by atomic mass is 10.1. The summed E-state index contributed by atoms with van der Waals surface area (Å²) < 4.78 is 5.43. The second kappa shape index (κ2) is 4.06. The molecule has 3 nitrogen and oxygen atoms in total. The highest BCUT2D eigenvalue weighted by molar-refractivity contribution is 7.98. The number of thioether (sulfide) groups is 1. The summed E-state index contributed by atoms with van der Waals surface area (Å²) >= 11 is 1.70. The number of aromatic nitrogens is 2. The van der Waals surface area contributed by atoms with Gasteiger partial charge in [0, 0.05) is 11.8 Å². The van der Waals surface area contributed by atoms with Gasteiger partial charge in [-0.05, 0) is 24.8 Å². The van der Waals surface area contributed by atoms with E-state index in [0.29, 0.717) is 11.8 Å². The van der Waals surface area contributed by atoms with Gasteiger partial charge in [0.2, 0.25) is 11.8 Å². The Hall–Kier alpha value is -1.29. The fourth-order valence-corrected chi connectivity index (χ4v) is 2.26. The molecule has 0 spiro atoms. The van der Waals surface area contributed by atoms with Crippen LogP contribution in [-0.2, 0) is 0 Å². The van der Waals surface area contributed by atoms with Gasteiger partial charge in [-0.3, -0.25) is 0 Å². The van der Waals surface area contributed by atoms with Crippen LogP contribution in [0.3, 0.4) is 0 Å². The van der Waals surface area contributed by atoms with Crippen LogP contribution in [0.1, 0.15) is 11.5 Å². The fraction of sp³-hybridized carbons (Fsp3) is 0.273. The average Bonchev–Trinajstić information content (AvgIpc) is 2.64. The maximum absolute atomic E-state index is 5.43. The highest BCUT2D eigenvalue weighted by atomic mass is 32.2. The molecule has 78 valence electrons. The van der Waals surface area contributed by atoms with Crippen molar-refractivity contribution < 1.29 is 4.42 Å². The van der Waals surface area contributed by atoms with Crippen molar-refractivity contribution in [3.8, 4) is 11.5 Å². The molecule has 0 unspecified atom stereocenters. The minimum atomic E-state index is 0.596. The highest BCUT2D eigenvalue weighted by Gasteiger charge is 2.11. The van der Waals surface area contributed by atoms with Gasteiger partial charge in [-0.1, -0.05) is 12.1 Å². The SMILES string of the molecule is CSc1c(C)cccc1-c1nnc(C)o1. The van der Waals surface area contributed by atoms with Gasteiger partial charge in [-0.2, -0.15) is 0 Å². The quantitative estimate of drug-likeness (QED) is 0.729. The van der Waals surface area contributed by atoms with Crippen LogP contribution in [0.15, 0.2) is 27.5 Å². The van der Waals surface area contributed by atoms with Gasteiger partial charge < -0.3 is 4.42 Å². The van der Waals surface area contributed by atoms with E-state index in [1.807, 2.05) is 12.1 Å². The van der Waals surface area contributed by atoms with Crippen LogP contribution in [0.5, 0.6) is 0 Å². The van der Waals surface area contributed by atoms with Crippen molar-refractivity contribution in [1.29, 1.82) is 0 Å². The van der Waals surface area contributed by atoms with Gasteiger partial charge in [0.05, 0.1) is 5.56 Å². The highest BCUT2D eigenvalue weighted by Crippen LogP contribution is 2.31. The van der Waals surface area contributed by atoms with Gasteiger partial charge in [-0.25, -0.2) is 0 Å². The van der Waals surface area contributed by atoms with E-state index in [1.165, 1.54) is 10.5 Å². The molecule has 0 atom stereocenters. The molecule has 1 aromatic heterocycles. The Labute approximate surface area is 92.9 Å². The van der Waals surface area contributed by atoms with Crippen LogP contribution in [0.4, 0.5) is 0 Å². The van der Waals surface area contributed by atoms with E-state index < -0.39 is 0 Å². The van der Waals surface area contributed by atoms with Gasteiger partial charge in [-0.15, -0.1) is 22.0 Å². The summed E-state index contributed by atoms with van der Waals surface area (Å²) in [5, 5.41) is 7.88. The minimum Gasteiger partial charge on any atom is -0.421 e. The zero-order chi connectivity index (χ0) is 10.8. The Bertz CT molecular complexity index is 479. The number of benzene rings is 1. The predicted octanol–water partition coefficient (Wildman–Crippen LogP) is 3.08. The summed E-state index contributed by atoms with van der Waals surface area (Å²) in [5.41, 5.74) is 2.25. The molecule has 0 aliphatic carbocycles. The van der Waals surface area contributed by atoms with Crippen molar-refractivity contribution in [2.75, 3.05) is 6.26 Å². The maximum atomic E-state index is 5.43. The van der Waals surface area contributed by atoms with Crippen molar-refractivity contribution in [1.82, 2.24) is 10.2 Å². The van der Waals surface area contributed by atoms with E-state index >= 15 is 0 Å². The Morgan fingerprint density at radius 3 is 2.60 bits per heavy atom. The van der Waals surface area contributed by atoms with Crippen LogP contribution >= 0.6 is 11.8 Å². The molecule has 0 bridgehead atoms. The van der Waals surface area contributed by atoms with Crippen LogP contribution in [-0.4, -0.2) is 16.5 Å². The molecule has 0 saturated heterocycles. The topological polar surface area (TPSA) is 38.9 Å². The van der Waals surface area contributed by atoms with Gasteiger partial charge >= 0.3 is 0 Å². The van der Waals surface area contributed by atoms with Gasteiger partial charge in [0.25, 0.3) is 0 Å². The summed E-state index contributed by atoms with van der Waals surface area (Å²) in [7, 11) is 0. The molecule has 2 rings (SSSR count). The molecule has 0 aliphatic rings. The van der Waals surface area contributed by atoms with Crippen LogP contribution < -0.4 is 0 Å². The first-order valence-corrected chi connectivity index (χ1v) is 5.89. The van der Waals surface area contributed by atoms with Crippen molar-refractivity contribution >= 4 is 11.8 Å². The van der Waals surface area contributed by atoms with E-state index in [4.69, 9.17) is 4.42 Å². The molecule has 0 radical (unpaired) electrons. The van der Waals surface area contributed by atoms with Gasteiger partial charge in [0.1, 0.15) is 0 Å². The molecule has 4 heteroatoms. The van der Waals surface area contributed by atoms with Crippen LogP contribution in [0.25, 0.3) is 11.5 Å². The van der Waals surface area contributed by atoms with Crippen molar-refractivity contribution in [2.24, 2.45) is 0 Å². The first kappa shape index (κ1) is 10.2. The lowest BCUT2D eigenvalue weighted by Crippen LogP contribution is -1.85. The summed E-state index contributed by atoms with van der Waals surface area (Å²) in [6.07, 6.45) is 2.05. The zero-order valence-electron chi connectivity index (χ0n) is 8.94. The number of rotatable bonds is 2. The second-order valence-electron chi connectivity index (χ2n) is 3.28. The zero-order valence-corrected chi connectivity index (χ0v) is 9.76. The summed E-state index contributed by atoms with van der Waals surface area (Å²) in [6, 6.07) is 6.09. The lowest BCUT2D eigenvalue weighted by Gasteiger charge is -2.06. The Balaban J connectivity index is 2.57. The first-order valence-electron chi connectivity index (χ1n) is 4.66. The molecule has 2 aromatic rings. The van der Waals surface area contributed by atoms with Crippen molar-refractivity contribution in [3.63, 3.8) is 0 Å². The molecule has 15 heavy (non-hydrogen) atoms. The minimum absolute atomic E-state index is 0.596. The third kappa shape index (κ3) is 1.90. The Morgan fingerprint density at radius 2 is 2.00 bits per heavy atom. The normalized spacial score (nSPS) is 10.6. The van der Waals surface area contributed by atoms with Crippen molar-refractivity contribution in [2.45, 2.75) is 18.7 Å². The maximum Gasteiger partial charge on any atom is 0.248 e. The summed E-state index contributed by atoms with van der Waals surface area (Å²) in [5.74, 6) is 1.19. The lowest BCUT2D eigenvalue weighted by molar-refractivity contribution is 0.531. The molecular weight excluding hydrogens is 208 g/mol. The first-order chi connectivity index (χ1) is 7.22. The molecular formula is C11H12N2OS. The van der Waals surface area contributed by atoms with Crippen LogP contribution in [0.2, 0.25) is 0 Å². The molecule has 1 aromatic carbocycles. The average molecular weight is 220 g/mol. The standard InChI is InChI=1S/C11H12N2OS/c1-7-5-4-6-9(10(7)15-3)11-13-12-8(2)14-11/h4-6H,1-3H3. The largest absolute Gasteiger partial charge is 0.421 e. The van der Waals surface area contributed by atoms with E-state index in [-0.39, 0.29) is 0 Å². The van der Waals surface area contributed by atoms with Crippen LogP contribution in [0, 0.1) is 13.8 Å². The van der Waals surface area contributed by atoms with E-state index in [0.717, 1.165) is 5.56 Å². The summed E-state index contributed by atoms with van der Waals surface area (Å²) in [6.45, 7) is 3.88. The number of hydrogen-bond acceptors (Lipinski definition) is 4. The number of aryl methyl sites for hydroxylation is 2. The van der Waals surface area contributed by atoms with E-state index in [2.05, 4.69) is 29.4 Å². The second-order valence-corrected chi connectivity index (χ2v) is 4.10. The molecule has 0 aliphatic heterocycles. The predicted molar refractivity (Wildman–Crippen MR) is 61.0 cm³/mol.